The van der Waals surface area contributed by atoms with E-state index in [2.05, 4.69) is 9.97 Å². The predicted molar refractivity (Wildman–Crippen MR) is 117 cm³/mol. The number of amides is 1. The van der Waals surface area contributed by atoms with Crippen LogP contribution in [0.25, 0.3) is 10.2 Å². The smallest absolute Gasteiger partial charge is 0.337 e. The summed E-state index contributed by atoms with van der Waals surface area (Å²) in [6, 6.07) is 5.64. The van der Waals surface area contributed by atoms with E-state index in [-0.39, 0.29) is 39.9 Å². The van der Waals surface area contributed by atoms with E-state index in [9.17, 15) is 26.7 Å². The van der Waals surface area contributed by atoms with Crippen molar-refractivity contribution in [1.29, 1.82) is 0 Å². The number of rotatable bonds is 6. The number of benzene rings is 2. The second-order valence-electron chi connectivity index (χ2n) is 6.92. The van der Waals surface area contributed by atoms with E-state index in [4.69, 9.17) is 0 Å². The monoisotopic (exact) mass is 502 g/mol. The molecule has 0 aliphatic heterocycles. The minimum atomic E-state index is -4.53. The number of aryl methyl sites for hydroxylation is 1. The molecule has 5 nitrogen and oxygen atoms in total. The van der Waals surface area contributed by atoms with Crippen molar-refractivity contribution in [2.24, 2.45) is 0 Å². The zero-order valence-electron chi connectivity index (χ0n) is 16.7. The van der Waals surface area contributed by atoms with Gasteiger partial charge in [-0.15, -0.1) is 12.4 Å². The molecule has 4 aromatic rings. The van der Waals surface area contributed by atoms with Crippen molar-refractivity contribution < 1.29 is 26.7 Å². The molecule has 2 aromatic heterocycles. The summed E-state index contributed by atoms with van der Waals surface area (Å²) >= 11 is 0.927. The van der Waals surface area contributed by atoms with Crippen LogP contribution in [0.3, 0.4) is 0 Å². The Balaban J connectivity index is 0.00000306. The molecular formula is C21H16ClF5N4OS. The number of nitrogens with zero attached hydrogens (tertiary/aromatic N) is 4. The molecule has 0 aliphatic rings. The molecule has 0 unspecified atom stereocenters. The fourth-order valence-corrected chi connectivity index (χ4v) is 4.16. The van der Waals surface area contributed by atoms with Crippen molar-refractivity contribution in [2.75, 3.05) is 11.4 Å². The van der Waals surface area contributed by atoms with Crippen LogP contribution in [0.4, 0.5) is 27.1 Å². The Bertz CT molecular complexity index is 1240. The molecule has 0 atom stereocenters. The average Bonchev–Trinajstić information content (AvgIpc) is 3.40. The number of halogens is 6. The Morgan fingerprint density at radius 1 is 1.12 bits per heavy atom. The Labute approximate surface area is 194 Å². The number of hydrogen-bond acceptors (Lipinski definition) is 4. The van der Waals surface area contributed by atoms with Crippen molar-refractivity contribution in [3.8, 4) is 0 Å². The number of alkyl halides is 3. The van der Waals surface area contributed by atoms with Crippen LogP contribution in [-0.2, 0) is 12.7 Å². The molecule has 0 N–H and O–H groups in total. The largest absolute Gasteiger partial charge is 0.416 e. The van der Waals surface area contributed by atoms with Crippen molar-refractivity contribution in [3.63, 3.8) is 0 Å². The number of hydrogen-bond donors (Lipinski definition) is 0. The lowest BCUT2D eigenvalue weighted by atomic mass is 10.1. The third-order valence-electron chi connectivity index (χ3n) is 4.69. The molecule has 0 fully saturated rings. The number of thiazole rings is 1. The van der Waals surface area contributed by atoms with Crippen LogP contribution in [0.2, 0.25) is 0 Å². The van der Waals surface area contributed by atoms with Crippen LogP contribution < -0.4 is 4.90 Å². The molecule has 0 spiro atoms. The summed E-state index contributed by atoms with van der Waals surface area (Å²) in [5.41, 5.74) is -0.934. The summed E-state index contributed by atoms with van der Waals surface area (Å²) < 4.78 is 68.3. The molecule has 2 aromatic carbocycles. The van der Waals surface area contributed by atoms with Crippen LogP contribution in [0.15, 0.2) is 55.1 Å². The third-order valence-corrected chi connectivity index (χ3v) is 5.72. The van der Waals surface area contributed by atoms with Crippen molar-refractivity contribution in [1.82, 2.24) is 14.5 Å². The highest BCUT2D eigenvalue weighted by Gasteiger charge is 2.31. The van der Waals surface area contributed by atoms with Gasteiger partial charge in [-0.3, -0.25) is 9.69 Å². The maximum Gasteiger partial charge on any atom is 0.416 e. The maximum atomic E-state index is 14.1. The van der Waals surface area contributed by atoms with E-state index >= 15 is 0 Å². The van der Waals surface area contributed by atoms with Gasteiger partial charge in [0.05, 0.1) is 16.6 Å². The number of carbonyl (C=O) groups excluding carboxylic acids is 1. The minimum absolute atomic E-state index is 0. The molecule has 0 bridgehead atoms. The Hall–Kier alpha value is -3.05. The Morgan fingerprint density at radius 2 is 1.85 bits per heavy atom. The number of anilines is 1. The predicted octanol–water partition coefficient (Wildman–Crippen LogP) is 5.95. The summed E-state index contributed by atoms with van der Waals surface area (Å²) in [6.45, 7) is 0.673. The van der Waals surface area contributed by atoms with Gasteiger partial charge in [0, 0.05) is 37.1 Å². The van der Waals surface area contributed by atoms with E-state index in [1.165, 1.54) is 4.90 Å². The second-order valence-corrected chi connectivity index (χ2v) is 7.93. The molecule has 0 radical (unpaired) electrons. The SMILES string of the molecule is Cl.O=C(c1ccc(C(F)(F)F)cc1)N(CCCn1ccnc1)c1nc2c(F)cc(F)cc2s1. The first-order valence-corrected chi connectivity index (χ1v) is 10.2. The molecule has 12 heteroatoms. The highest BCUT2D eigenvalue weighted by atomic mass is 35.5. The molecule has 174 valence electrons. The van der Waals surface area contributed by atoms with Crippen molar-refractivity contribution >= 4 is 45.0 Å². The van der Waals surface area contributed by atoms with Crippen LogP contribution in [0.1, 0.15) is 22.3 Å². The number of carbonyl (C=O) groups is 1. The van der Waals surface area contributed by atoms with Gasteiger partial charge in [0.25, 0.3) is 5.91 Å². The van der Waals surface area contributed by atoms with E-state index in [1.807, 2.05) is 0 Å². The molecule has 2 heterocycles. The summed E-state index contributed by atoms with van der Waals surface area (Å²) in [4.78, 5) is 22.5. The fourth-order valence-electron chi connectivity index (χ4n) is 3.13. The molecular weight excluding hydrogens is 487 g/mol. The maximum absolute atomic E-state index is 14.1. The van der Waals surface area contributed by atoms with Gasteiger partial charge in [-0.05, 0) is 36.8 Å². The Kier molecular flexibility index (Phi) is 7.33. The van der Waals surface area contributed by atoms with Gasteiger partial charge in [0.15, 0.2) is 10.9 Å². The van der Waals surface area contributed by atoms with Gasteiger partial charge in [0.2, 0.25) is 0 Å². The Morgan fingerprint density at radius 3 is 2.48 bits per heavy atom. The lowest BCUT2D eigenvalue weighted by Crippen LogP contribution is -2.32. The number of imidazole rings is 1. The zero-order chi connectivity index (χ0) is 22.9. The lowest BCUT2D eigenvalue weighted by Gasteiger charge is -2.20. The molecule has 0 aliphatic carbocycles. The fraction of sp³-hybridized carbons (Fsp3) is 0.190. The van der Waals surface area contributed by atoms with Crippen molar-refractivity contribution in [3.05, 3.63) is 77.9 Å². The van der Waals surface area contributed by atoms with E-state index < -0.39 is 29.3 Å². The molecule has 1 amide bonds. The lowest BCUT2D eigenvalue weighted by molar-refractivity contribution is -0.137. The van der Waals surface area contributed by atoms with E-state index in [0.717, 1.165) is 41.7 Å². The van der Waals surface area contributed by atoms with Crippen LogP contribution in [-0.4, -0.2) is 27.0 Å². The normalized spacial score (nSPS) is 11.4. The molecule has 33 heavy (non-hydrogen) atoms. The second kappa shape index (κ2) is 9.84. The zero-order valence-corrected chi connectivity index (χ0v) is 18.4. The first-order valence-electron chi connectivity index (χ1n) is 9.43. The summed E-state index contributed by atoms with van der Waals surface area (Å²) in [6.07, 6.45) is 0.905. The highest BCUT2D eigenvalue weighted by molar-refractivity contribution is 7.22. The van der Waals surface area contributed by atoms with Gasteiger partial charge in [0.1, 0.15) is 11.3 Å². The molecule has 0 saturated carbocycles. The quantitative estimate of drug-likeness (QED) is 0.306. The highest BCUT2D eigenvalue weighted by Crippen LogP contribution is 2.33. The van der Waals surface area contributed by atoms with Gasteiger partial charge < -0.3 is 4.57 Å². The average molecular weight is 503 g/mol. The molecule has 4 rings (SSSR count). The first kappa shape index (κ1) is 24.6. The minimum Gasteiger partial charge on any atom is -0.337 e. The van der Waals surface area contributed by atoms with E-state index in [1.54, 1.807) is 23.3 Å². The topological polar surface area (TPSA) is 51.0 Å². The summed E-state index contributed by atoms with van der Waals surface area (Å²) in [7, 11) is 0. The molecule has 0 saturated heterocycles. The summed E-state index contributed by atoms with van der Waals surface area (Å²) in [5, 5.41) is 0.125. The first-order chi connectivity index (χ1) is 15.2. The summed E-state index contributed by atoms with van der Waals surface area (Å²) in [5.74, 6) is -2.22. The van der Waals surface area contributed by atoms with Crippen molar-refractivity contribution in [2.45, 2.75) is 19.1 Å². The van der Waals surface area contributed by atoms with Gasteiger partial charge in [-0.2, -0.15) is 13.2 Å². The standard InChI is InChI=1S/C21H15F5N4OS.ClH/c22-15-10-16(23)18-17(11-15)32-20(28-18)30(8-1-7-29-9-6-27-12-29)19(31)13-2-4-14(5-3-13)21(24,25)26;/h2-6,9-12H,1,7-8H2;1H. The number of fused-ring (bicyclic) bond motifs is 1. The van der Waals surface area contributed by atoms with Gasteiger partial charge in [-0.1, -0.05) is 11.3 Å². The van der Waals surface area contributed by atoms with Gasteiger partial charge in [-0.25, -0.2) is 18.7 Å². The third kappa shape index (κ3) is 5.48. The van der Waals surface area contributed by atoms with E-state index in [0.29, 0.717) is 19.0 Å². The van der Waals surface area contributed by atoms with Crippen LogP contribution >= 0.6 is 23.7 Å². The number of aromatic nitrogens is 3. The van der Waals surface area contributed by atoms with Crippen LogP contribution in [0, 0.1) is 11.6 Å². The van der Waals surface area contributed by atoms with Crippen LogP contribution in [0.5, 0.6) is 0 Å². The van der Waals surface area contributed by atoms with Gasteiger partial charge >= 0.3 is 6.18 Å².